The summed E-state index contributed by atoms with van der Waals surface area (Å²) in [7, 11) is 0. The zero-order valence-electron chi connectivity index (χ0n) is 13.7. The molecule has 0 aliphatic rings. The van der Waals surface area contributed by atoms with E-state index in [0.717, 1.165) is 6.07 Å². The van der Waals surface area contributed by atoms with E-state index in [1.165, 1.54) is 12.1 Å². The summed E-state index contributed by atoms with van der Waals surface area (Å²) in [5, 5.41) is 22.4. The van der Waals surface area contributed by atoms with Crippen LogP contribution in [0, 0.1) is 10.1 Å². The first-order valence-corrected chi connectivity index (χ1v) is 7.23. The van der Waals surface area contributed by atoms with Crippen LogP contribution in [0.3, 0.4) is 0 Å². The highest BCUT2D eigenvalue weighted by molar-refractivity contribution is 6.02. The second-order valence-electron chi connectivity index (χ2n) is 6.11. The molecule has 1 atom stereocenters. The van der Waals surface area contributed by atoms with E-state index < -0.39 is 34.1 Å². The normalized spacial score (nSPS) is 12.5. The molecule has 1 rings (SSSR count). The van der Waals surface area contributed by atoms with Crippen molar-refractivity contribution in [3.05, 3.63) is 33.9 Å². The number of nitro benzene ring substituents is 1. The zero-order chi connectivity index (χ0) is 18.5. The summed E-state index contributed by atoms with van der Waals surface area (Å²) in [6.07, 6.45) is 0.0488. The Labute approximate surface area is 138 Å². The number of carboxylic acids is 1. The predicted octanol–water partition coefficient (Wildman–Crippen LogP) is 1.57. The molecule has 0 radical (unpaired) electrons. The van der Waals surface area contributed by atoms with Crippen LogP contribution in [0.4, 0.5) is 11.4 Å². The van der Waals surface area contributed by atoms with Gasteiger partial charge in [0, 0.05) is 19.1 Å². The van der Waals surface area contributed by atoms with E-state index in [1.54, 1.807) is 0 Å². The first-order valence-electron chi connectivity index (χ1n) is 7.23. The number of rotatable bonds is 7. The maximum atomic E-state index is 12.2. The molecule has 9 heteroatoms. The van der Waals surface area contributed by atoms with E-state index in [9.17, 15) is 24.8 Å². The molecule has 4 N–H and O–H groups in total. The van der Waals surface area contributed by atoms with Crippen molar-refractivity contribution in [1.82, 2.24) is 5.32 Å². The monoisotopic (exact) mass is 339 g/mol. The topological polar surface area (TPSA) is 145 Å². The third-order valence-corrected chi connectivity index (χ3v) is 3.07. The van der Waals surface area contributed by atoms with E-state index in [2.05, 4.69) is 5.32 Å². The first-order chi connectivity index (χ1) is 11.0. The number of carbonyl (C=O) groups is 2. The van der Waals surface area contributed by atoms with Gasteiger partial charge in [0.15, 0.2) is 0 Å². The summed E-state index contributed by atoms with van der Waals surface area (Å²) in [6.45, 7) is 5.60. The van der Waals surface area contributed by atoms with Crippen molar-refractivity contribution >= 4 is 23.3 Å². The van der Waals surface area contributed by atoms with E-state index >= 15 is 0 Å². The number of carbonyl (C=O) groups excluding carboxylic acids is 1. The van der Waals surface area contributed by atoms with Crippen LogP contribution in [-0.2, 0) is 9.53 Å². The lowest BCUT2D eigenvalue weighted by atomic mass is 10.1. The minimum atomic E-state index is -1.23. The predicted molar refractivity (Wildman–Crippen MR) is 86.7 cm³/mol. The molecule has 24 heavy (non-hydrogen) atoms. The Morgan fingerprint density at radius 1 is 1.42 bits per heavy atom. The SMILES string of the molecule is CC(C)(C)OCCC(NC(=O)c1cccc([N+](=O)[O-])c1N)C(=O)O. The molecule has 0 saturated carbocycles. The quantitative estimate of drug-likeness (QED) is 0.388. The van der Waals surface area contributed by atoms with Crippen LogP contribution < -0.4 is 11.1 Å². The summed E-state index contributed by atoms with van der Waals surface area (Å²) in [6, 6.07) is 2.57. The zero-order valence-corrected chi connectivity index (χ0v) is 13.7. The molecular formula is C15H21N3O6. The van der Waals surface area contributed by atoms with Gasteiger partial charge >= 0.3 is 5.97 Å². The summed E-state index contributed by atoms with van der Waals surface area (Å²) in [5.41, 5.74) is 4.32. The summed E-state index contributed by atoms with van der Waals surface area (Å²) in [4.78, 5) is 33.6. The third-order valence-electron chi connectivity index (χ3n) is 3.07. The highest BCUT2D eigenvalue weighted by Gasteiger charge is 2.25. The Morgan fingerprint density at radius 3 is 2.54 bits per heavy atom. The van der Waals surface area contributed by atoms with Gasteiger partial charge in [0.2, 0.25) is 0 Å². The molecule has 0 aromatic heterocycles. The van der Waals surface area contributed by atoms with Crippen molar-refractivity contribution < 1.29 is 24.4 Å². The number of nitro groups is 1. The van der Waals surface area contributed by atoms with Gasteiger partial charge in [-0.15, -0.1) is 0 Å². The second kappa shape index (κ2) is 7.73. The second-order valence-corrected chi connectivity index (χ2v) is 6.11. The molecule has 0 heterocycles. The number of nitrogen functional groups attached to an aromatic ring is 1. The van der Waals surface area contributed by atoms with Crippen molar-refractivity contribution in [1.29, 1.82) is 0 Å². The molecule has 0 spiro atoms. The van der Waals surface area contributed by atoms with Gasteiger partial charge in [-0.25, -0.2) is 4.79 Å². The van der Waals surface area contributed by atoms with Crippen molar-refractivity contribution in [2.24, 2.45) is 0 Å². The van der Waals surface area contributed by atoms with E-state index in [-0.39, 0.29) is 24.3 Å². The third kappa shape index (κ3) is 5.51. The lowest BCUT2D eigenvalue weighted by Crippen LogP contribution is -2.42. The van der Waals surface area contributed by atoms with Crippen LogP contribution in [0.25, 0.3) is 0 Å². The van der Waals surface area contributed by atoms with Crippen LogP contribution in [0.5, 0.6) is 0 Å². The van der Waals surface area contributed by atoms with E-state index in [0.29, 0.717) is 0 Å². The van der Waals surface area contributed by atoms with Crippen molar-refractivity contribution in [3.8, 4) is 0 Å². The average molecular weight is 339 g/mol. The smallest absolute Gasteiger partial charge is 0.326 e. The minimum absolute atomic E-state index is 0.0488. The number of amides is 1. The van der Waals surface area contributed by atoms with Crippen molar-refractivity contribution in [2.45, 2.75) is 38.8 Å². The fraction of sp³-hybridized carbons (Fsp3) is 0.467. The Kier molecular flexibility index (Phi) is 6.24. The van der Waals surface area contributed by atoms with Crippen molar-refractivity contribution in [2.75, 3.05) is 12.3 Å². The number of hydrogen-bond acceptors (Lipinski definition) is 6. The number of carboxylic acid groups (broad SMARTS) is 1. The van der Waals surface area contributed by atoms with Crippen LogP contribution >= 0.6 is 0 Å². The number of ether oxygens (including phenoxy) is 1. The molecular weight excluding hydrogens is 318 g/mol. The molecule has 1 unspecified atom stereocenters. The summed E-state index contributed by atoms with van der Waals surface area (Å²) in [5.74, 6) is -2.02. The van der Waals surface area contributed by atoms with Gasteiger partial charge in [-0.3, -0.25) is 14.9 Å². The molecule has 0 aliphatic heterocycles. The van der Waals surface area contributed by atoms with Gasteiger partial charge in [-0.1, -0.05) is 6.07 Å². The highest BCUT2D eigenvalue weighted by Crippen LogP contribution is 2.24. The summed E-state index contributed by atoms with van der Waals surface area (Å²) >= 11 is 0. The maximum absolute atomic E-state index is 12.2. The van der Waals surface area contributed by atoms with E-state index in [1.807, 2.05) is 20.8 Å². The van der Waals surface area contributed by atoms with E-state index in [4.69, 9.17) is 10.5 Å². The van der Waals surface area contributed by atoms with Gasteiger partial charge in [-0.2, -0.15) is 0 Å². The first kappa shape index (κ1) is 19.4. The Bertz CT molecular complexity index is 639. The number of anilines is 1. The molecule has 1 aromatic rings. The largest absolute Gasteiger partial charge is 0.480 e. The fourth-order valence-corrected chi connectivity index (χ4v) is 1.89. The van der Waals surface area contributed by atoms with Crippen LogP contribution in [0.1, 0.15) is 37.6 Å². The minimum Gasteiger partial charge on any atom is -0.480 e. The molecule has 0 aliphatic carbocycles. The van der Waals surface area contributed by atoms with Crippen LogP contribution in [0.15, 0.2) is 18.2 Å². The fourth-order valence-electron chi connectivity index (χ4n) is 1.89. The maximum Gasteiger partial charge on any atom is 0.326 e. The van der Waals surface area contributed by atoms with Gasteiger partial charge in [-0.05, 0) is 26.8 Å². The number of benzene rings is 1. The van der Waals surface area contributed by atoms with Gasteiger partial charge in [0.25, 0.3) is 11.6 Å². The summed E-state index contributed by atoms with van der Waals surface area (Å²) < 4.78 is 5.44. The number of nitrogens with zero attached hydrogens (tertiary/aromatic N) is 1. The van der Waals surface area contributed by atoms with Crippen LogP contribution in [0.2, 0.25) is 0 Å². The molecule has 0 fully saturated rings. The number of hydrogen-bond donors (Lipinski definition) is 3. The van der Waals surface area contributed by atoms with Crippen molar-refractivity contribution in [3.63, 3.8) is 0 Å². The Morgan fingerprint density at radius 2 is 2.04 bits per heavy atom. The average Bonchev–Trinajstić information content (AvgIpc) is 2.44. The Balaban J connectivity index is 2.85. The molecule has 1 amide bonds. The number of nitrogens with one attached hydrogen (secondary N) is 1. The Hall–Kier alpha value is -2.68. The lowest BCUT2D eigenvalue weighted by molar-refractivity contribution is -0.383. The highest BCUT2D eigenvalue weighted by atomic mass is 16.6. The van der Waals surface area contributed by atoms with Gasteiger partial charge < -0.3 is 20.9 Å². The molecule has 0 bridgehead atoms. The molecule has 132 valence electrons. The lowest BCUT2D eigenvalue weighted by Gasteiger charge is -2.21. The number of para-hydroxylation sites is 1. The standard InChI is InChI=1S/C15H21N3O6/c1-15(2,3)24-8-7-10(14(20)21)17-13(19)9-5-4-6-11(12(9)16)18(22)23/h4-6,10H,7-8,16H2,1-3H3,(H,17,19)(H,20,21). The number of nitrogens with two attached hydrogens (primary N) is 1. The molecule has 9 nitrogen and oxygen atoms in total. The van der Waals surface area contributed by atoms with Gasteiger partial charge in [0.1, 0.15) is 11.7 Å². The molecule has 1 aromatic carbocycles. The van der Waals surface area contributed by atoms with Gasteiger partial charge in [0.05, 0.1) is 16.1 Å². The number of aliphatic carboxylic acids is 1. The van der Waals surface area contributed by atoms with Crippen LogP contribution in [-0.4, -0.2) is 40.2 Å². The molecule has 0 saturated heterocycles.